The highest BCUT2D eigenvalue weighted by Crippen LogP contribution is 2.34. The van der Waals surface area contributed by atoms with Gasteiger partial charge in [0.05, 0.1) is 5.60 Å². The van der Waals surface area contributed by atoms with E-state index in [1.807, 2.05) is 6.92 Å². The molecule has 2 unspecified atom stereocenters. The highest BCUT2D eigenvalue weighted by Gasteiger charge is 2.31. The number of nitrogens with one attached hydrogen (secondary N) is 1. The first-order valence-corrected chi connectivity index (χ1v) is 6.40. The van der Waals surface area contributed by atoms with Gasteiger partial charge in [0.25, 0.3) is 0 Å². The van der Waals surface area contributed by atoms with Crippen LogP contribution in [0.1, 0.15) is 53.4 Å². The first-order chi connectivity index (χ1) is 6.94. The van der Waals surface area contributed by atoms with E-state index < -0.39 is 5.60 Å². The zero-order valence-electron chi connectivity index (χ0n) is 10.7. The van der Waals surface area contributed by atoms with Gasteiger partial charge < -0.3 is 10.4 Å². The van der Waals surface area contributed by atoms with Crippen LogP contribution < -0.4 is 5.32 Å². The van der Waals surface area contributed by atoms with Crippen LogP contribution in [0.3, 0.4) is 0 Å². The summed E-state index contributed by atoms with van der Waals surface area (Å²) in [4.78, 5) is 0. The van der Waals surface area contributed by atoms with Crippen LogP contribution in [0.4, 0.5) is 0 Å². The molecule has 1 aliphatic carbocycles. The summed E-state index contributed by atoms with van der Waals surface area (Å²) < 4.78 is 0. The number of hydrogen-bond donors (Lipinski definition) is 2. The average Bonchev–Trinajstić information content (AvgIpc) is 2.86. The van der Waals surface area contributed by atoms with Gasteiger partial charge in [0.1, 0.15) is 0 Å². The van der Waals surface area contributed by atoms with Crippen molar-refractivity contribution in [3.05, 3.63) is 0 Å². The highest BCUT2D eigenvalue weighted by molar-refractivity contribution is 4.88. The molecule has 2 atom stereocenters. The van der Waals surface area contributed by atoms with Crippen molar-refractivity contribution >= 4 is 0 Å². The Kier molecular flexibility index (Phi) is 4.60. The van der Waals surface area contributed by atoms with Crippen LogP contribution in [0.5, 0.6) is 0 Å². The first-order valence-electron chi connectivity index (χ1n) is 6.40. The molecule has 1 rings (SSSR count). The lowest BCUT2D eigenvalue weighted by atomic mass is 9.93. The van der Waals surface area contributed by atoms with Gasteiger partial charge in [-0.2, -0.15) is 0 Å². The van der Waals surface area contributed by atoms with Gasteiger partial charge in [-0.25, -0.2) is 0 Å². The summed E-state index contributed by atoms with van der Waals surface area (Å²) in [6.45, 7) is 9.23. The van der Waals surface area contributed by atoms with Crippen LogP contribution in [0, 0.1) is 11.8 Å². The largest absolute Gasteiger partial charge is 0.389 e. The highest BCUT2D eigenvalue weighted by atomic mass is 16.3. The summed E-state index contributed by atoms with van der Waals surface area (Å²) in [6, 6.07) is 0.628. The molecule has 2 heteroatoms. The maximum absolute atomic E-state index is 10.2. The smallest absolute Gasteiger partial charge is 0.0746 e. The molecule has 90 valence electrons. The van der Waals surface area contributed by atoms with E-state index in [1.165, 1.54) is 19.3 Å². The Morgan fingerprint density at radius 2 is 2.00 bits per heavy atom. The molecule has 15 heavy (non-hydrogen) atoms. The zero-order valence-corrected chi connectivity index (χ0v) is 10.7. The van der Waals surface area contributed by atoms with Crippen molar-refractivity contribution in [1.29, 1.82) is 0 Å². The molecule has 2 N–H and O–H groups in total. The van der Waals surface area contributed by atoms with Gasteiger partial charge in [0.15, 0.2) is 0 Å². The number of rotatable bonds is 7. The van der Waals surface area contributed by atoms with E-state index in [2.05, 4.69) is 26.1 Å². The maximum atomic E-state index is 10.2. The molecule has 0 heterocycles. The zero-order chi connectivity index (χ0) is 11.5. The Labute approximate surface area is 94.5 Å². The van der Waals surface area contributed by atoms with Crippen molar-refractivity contribution in [3.8, 4) is 0 Å². The standard InChI is InChI=1S/C13H27NO/c1-5-12(11-6-7-11)14-9-13(4,15)8-10(2)3/h10-12,14-15H,5-9H2,1-4H3. The minimum absolute atomic E-state index is 0.545. The lowest BCUT2D eigenvalue weighted by Crippen LogP contribution is -2.43. The predicted molar refractivity (Wildman–Crippen MR) is 64.9 cm³/mol. The van der Waals surface area contributed by atoms with Gasteiger partial charge in [0, 0.05) is 12.6 Å². The molecular formula is C13H27NO. The lowest BCUT2D eigenvalue weighted by Gasteiger charge is -2.28. The Morgan fingerprint density at radius 1 is 1.40 bits per heavy atom. The van der Waals surface area contributed by atoms with Crippen molar-refractivity contribution in [2.24, 2.45) is 11.8 Å². The Bertz CT molecular complexity index is 185. The van der Waals surface area contributed by atoms with Crippen molar-refractivity contribution < 1.29 is 5.11 Å². The Balaban J connectivity index is 2.26. The fourth-order valence-corrected chi connectivity index (χ4v) is 2.45. The van der Waals surface area contributed by atoms with E-state index in [0.29, 0.717) is 12.0 Å². The van der Waals surface area contributed by atoms with Crippen molar-refractivity contribution in [2.75, 3.05) is 6.54 Å². The summed E-state index contributed by atoms with van der Waals surface area (Å²) in [7, 11) is 0. The molecule has 0 bridgehead atoms. The monoisotopic (exact) mass is 213 g/mol. The fraction of sp³-hybridized carbons (Fsp3) is 1.00. The van der Waals surface area contributed by atoms with Crippen LogP contribution in [-0.2, 0) is 0 Å². The summed E-state index contributed by atoms with van der Waals surface area (Å²) in [6.07, 6.45) is 4.80. The third kappa shape index (κ3) is 4.98. The van der Waals surface area contributed by atoms with Gasteiger partial charge in [-0.3, -0.25) is 0 Å². The van der Waals surface area contributed by atoms with Crippen molar-refractivity contribution in [1.82, 2.24) is 5.32 Å². The molecule has 0 aromatic rings. The van der Waals surface area contributed by atoms with E-state index in [-0.39, 0.29) is 0 Å². The van der Waals surface area contributed by atoms with Gasteiger partial charge in [0.2, 0.25) is 0 Å². The topological polar surface area (TPSA) is 32.3 Å². The van der Waals surface area contributed by atoms with Gasteiger partial charge >= 0.3 is 0 Å². The van der Waals surface area contributed by atoms with E-state index >= 15 is 0 Å². The molecule has 1 saturated carbocycles. The summed E-state index contributed by atoms with van der Waals surface area (Å²) >= 11 is 0. The second-order valence-corrected chi connectivity index (χ2v) is 5.83. The van der Waals surface area contributed by atoms with Gasteiger partial charge in [-0.15, -0.1) is 0 Å². The summed E-state index contributed by atoms with van der Waals surface area (Å²) in [5, 5.41) is 13.7. The molecule has 0 aromatic heterocycles. The minimum atomic E-state index is -0.545. The molecular weight excluding hydrogens is 186 g/mol. The normalized spacial score (nSPS) is 22.8. The molecule has 1 aliphatic rings. The van der Waals surface area contributed by atoms with E-state index in [4.69, 9.17) is 0 Å². The van der Waals surface area contributed by atoms with E-state index in [1.54, 1.807) is 0 Å². The van der Waals surface area contributed by atoms with Crippen LogP contribution in [-0.4, -0.2) is 23.3 Å². The third-order valence-corrected chi connectivity index (χ3v) is 3.22. The predicted octanol–water partition coefficient (Wildman–Crippen LogP) is 2.56. The van der Waals surface area contributed by atoms with E-state index in [0.717, 1.165) is 18.9 Å². The maximum Gasteiger partial charge on any atom is 0.0746 e. The van der Waals surface area contributed by atoms with Gasteiger partial charge in [-0.05, 0) is 44.4 Å². The van der Waals surface area contributed by atoms with Crippen LogP contribution in [0.25, 0.3) is 0 Å². The molecule has 0 spiro atoms. The molecule has 1 fully saturated rings. The van der Waals surface area contributed by atoms with Crippen LogP contribution >= 0.6 is 0 Å². The minimum Gasteiger partial charge on any atom is -0.389 e. The van der Waals surface area contributed by atoms with Gasteiger partial charge in [-0.1, -0.05) is 20.8 Å². The molecule has 0 aromatic carbocycles. The first kappa shape index (κ1) is 13.0. The Morgan fingerprint density at radius 3 is 2.40 bits per heavy atom. The second-order valence-electron chi connectivity index (χ2n) is 5.83. The average molecular weight is 213 g/mol. The quantitative estimate of drug-likeness (QED) is 0.681. The van der Waals surface area contributed by atoms with Crippen LogP contribution in [0.2, 0.25) is 0 Å². The molecule has 0 aliphatic heterocycles. The molecule has 0 amide bonds. The molecule has 2 nitrogen and oxygen atoms in total. The molecule has 0 saturated heterocycles. The van der Waals surface area contributed by atoms with Crippen molar-refractivity contribution in [2.45, 2.75) is 65.0 Å². The number of hydrogen-bond acceptors (Lipinski definition) is 2. The van der Waals surface area contributed by atoms with Crippen LogP contribution in [0.15, 0.2) is 0 Å². The second kappa shape index (κ2) is 5.31. The molecule has 0 radical (unpaired) electrons. The Hall–Kier alpha value is -0.0800. The van der Waals surface area contributed by atoms with Crippen molar-refractivity contribution in [3.63, 3.8) is 0 Å². The SMILES string of the molecule is CCC(NCC(C)(O)CC(C)C)C1CC1. The summed E-state index contributed by atoms with van der Waals surface area (Å²) in [5.74, 6) is 1.44. The lowest BCUT2D eigenvalue weighted by molar-refractivity contribution is 0.0350. The fourth-order valence-electron chi connectivity index (χ4n) is 2.45. The number of aliphatic hydroxyl groups is 1. The van der Waals surface area contributed by atoms with E-state index in [9.17, 15) is 5.11 Å². The summed E-state index contributed by atoms with van der Waals surface area (Å²) in [5.41, 5.74) is -0.545. The third-order valence-electron chi connectivity index (χ3n) is 3.22.